The molecule has 0 aromatic rings. The van der Waals surface area contributed by atoms with Crippen LogP contribution in [-0.4, -0.2) is 162 Å². The van der Waals surface area contributed by atoms with Crippen molar-refractivity contribution >= 4 is 123 Å². The van der Waals surface area contributed by atoms with Crippen LogP contribution in [0.1, 0.15) is 33.1 Å². The molecule has 11 radical (unpaired) electrons. The van der Waals surface area contributed by atoms with Gasteiger partial charge in [-0.2, -0.15) is 0 Å². The van der Waals surface area contributed by atoms with E-state index in [4.69, 9.17) is 55.7 Å². The van der Waals surface area contributed by atoms with Crippen molar-refractivity contribution in [3.8, 4) is 0 Å². The van der Waals surface area contributed by atoms with Gasteiger partial charge in [0.1, 0.15) is 0 Å². The van der Waals surface area contributed by atoms with Gasteiger partial charge in [0.25, 0.3) is 0 Å². The Bertz CT molecular complexity index is 1110. The van der Waals surface area contributed by atoms with Gasteiger partial charge in [-0.1, -0.05) is 13.3 Å². The van der Waals surface area contributed by atoms with Gasteiger partial charge in [0.15, 0.2) is 60.4 Å². The largest absolute Gasteiger partial charge is 0.437 e. The molecule has 2 saturated heterocycles. The minimum absolute atomic E-state index is 0. The first-order chi connectivity index (χ1) is 29.5. The Labute approximate surface area is 556 Å². The van der Waals surface area contributed by atoms with E-state index in [1.807, 2.05) is 26.6 Å². The second-order valence-electron chi connectivity index (χ2n) is 21.1. The van der Waals surface area contributed by atoms with Crippen LogP contribution in [0.4, 0.5) is 0 Å². The maximum Gasteiger partial charge on any atom is 0.370 e. The molecule has 0 aromatic heterocycles. The summed E-state index contributed by atoms with van der Waals surface area (Å²) in [7, 11) is -12.4. The molecular weight excluding hydrogens is 1430 g/mol. The Kier molecular flexibility index (Phi) is 70.8. The Morgan fingerprint density at radius 3 is 1.13 bits per heavy atom. The van der Waals surface area contributed by atoms with E-state index in [1.165, 1.54) is 37.4 Å². The van der Waals surface area contributed by atoms with Crippen molar-refractivity contribution in [1.82, 2.24) is 0 Å². The van der Waals surface area contributed by atoms with Crippen molar-refractivity contribution < 1.29 is 187 Å². The van der Waals surface area contributed by atoms with Crippen LogP contribution in [0.5, 0.6) is 0 Å². The van der Waals surface area contributed by atoms with E-state index in [2.05, 4.69) is 144 Å². The van der Waals surface area contributed by atoms with E-state index >= 15 is 0 Å². The molecule has 0 unspecified atom stereocenters. The second kappa shape index (κ2) is 51.6. The summed E-state index contributed by atoms with van der Waals surface area (Å²) in [5.41, 5.74) is 0. The molecule has 411 valence electrons. The molecule has 0 spiro atoms. The number of hydrogen-bond acceptors (Lipinski definition) is 13. The first-order valence-electron chi connectivity index (χ1n) is 23.8. The molecule has 2 fully saturated rings. The fourth-order valence-electron chi connectivity index (χ4n) is 5.77. The van der Waals surface area contributed by atoms with E-state index in [0.717, 1.165) is 19.8 Å². The molecule has 13 nitrogen and oxygen atoms in total. The molecule has 0 aromatic carbocycles. The molecule has 31 heteroatoms. The van der Waals surface area contributed by atoms with E-state index in [1.54, 1.807) is 27.3 Å². The number of hydrogen-bond donors (Lipinski definition) is 1. The summed E-state index contributed by atoms with van der Waals surface area (Å²) in [6.45, 7) is 62.1. The molecule has 1 N–H and O–H groups in total. The van der Waals surface area contributed by atoms with Gasteiger partial charge in [-0.3, -0.25) is 0 Å². The van der Waals surface area contributed by atoms with Gasteiger partial charge < -0.3 is 55.7 Å². The van der Waals surface area contributed by atoms with Gasteiger partial charge in [-0.15, -0.1) is 0 Å². The van der Waals surface area contributed by atoms with Gasteiger partial charge in [0.05, 0.1) is 0 Å². The van der Waals surface area contributed by atoms with Crippen LogP contribution in [0, 0.1) is 0 Å². The fraction of sp³-hybridized carbons (Fsp3) is 1.00. The van der Waals surface area contributed by atoms with Crippen LogP contribution < -0.4 is 0 Å². The minimum atomic E-state index is -2.18. The third-order valence-electron chi connectivity index (χ3n) is 7.44. The van der Waals surface area contributed by atoms with Crippen molar-refractivity contribution in [2.75, 3.05) is 34.0 Å². The zero-order valence-corrected chi connectivity index (χ0v) is 76.4. The SMILES string of the molecule is CCC[Si](C)OC.CCO[Si](C)O[Si](C)(C)C.CO[Si](C)(C)O[Si](C)C.C[Si](C)O[Si](C)(C)O.C[Si](C)O[Si](C)(C)O[Si](C)(C)C.C[Si]1OCCC[Si](C)(C)O1.C[Si]1OCCC[Si](C)(C)O1.[Y].[Y].[Y].[Y]. The first-order valence-corrected chi connectivity index (χ1v) is 60.1. The van der Waals surface area contributed by atoms with Gasteiger partial charge in [-0.25, -0.2) is 0 Å². The summed E-state index contributed by atoms with van der Waals surface area (Å²) >= 11 is 0. The van der Waals surface area contributed by atoms with Crippen LogP contribution in [-0.2, 0) is 182 Å². The molecule has 0 amide bonds. The van der Waals surface area contributed by atoms with Gasteiger partial charge in [-0.05, 0) is 208 Å². The average Bonchev–Trinajstić information content (AvgIpc) is 3.33. The van der Waals surface area contributed by atoms with Crippen molar-refractivity contribution in [1.29, 1.82) is 0 Å². The molecule has 2 aliphatic rings. The summed E-state index contributed by atoms with van der Waals surface area (Å²) in [6.07, 6.45) is 3.65. The van der Waals surface area contributed by atoms with Crippen molar-refractivity contribution in [2.45, 2.75) is 221 Å². The van der Waals surface area contributed by atoms with E-state index in [0.29, 0.717) is 0 Å². The maximum absolute atomic E-state index is 9.13. The predicted octanol–water partition coefficient (Wildman–Crippen LogP) is 12.5. The molecule has 2 rings (SSSR count). The molecule has 0 atom stereocenters. The molecule has 0 saturated carbocycles. The standard InChI is InChI=1S/C7H21O2Si3.2C6H15O2Si2.C6H17O2Si2.C5H15O2Si2.C5H13OSi.C4H13O2Si2.4Y/c1-10(2)8-12(6,7)9-11(3,4)5;2*1-9-7-5-4-6-10(2,3)8-9;1-6-7-9(2)8-10(3,4)5;1-6-9(4,5)7-8(2)3;1-4-5-7(3)6-2;1-7(2)6-8(3,4)5;;;;/h1-7H3;2*4-6H2,1-3H3;6H2,1-5H3;1-5H3;4-5H2,1-3H3;5H,1-4H3;;;;. The molecular formula is C39H109O13Si14Y4. The van der Waals surface area contributed by atoms with E-state index in [9.17, 15) is 0 Å². The maximum atomic E-state index is 9.13. The smallest absolute Gasteiger partial charge is 0.370 e. The quantitative estimate of drug-likeness (QED) is 0.147. The summed E-state index contributed by atoms with van der Waals surface area (Å²) in [4.78, 5) is 9.13. The Hall–Kier alpha value is 6.93. The van der Waals surface area contributed by atoms with E-state index < -0.39 is 114 Å². The summed E-state index contributed by atoms with van der Waals surface area (Å²) in [5.74, 6) is 0. The van der Waals surface area contributed by atoms with Gasteiger partial charge >= 0.3 is 53.5 Å². The Morgan fingerprint density at radius 1 is 0.557 bits per heavy atom. The molecule has 2 aliphatic heterocycles. The fourth-order valence-corrected chi connectivity index (χ4v) is 39.8. The average molecular weight is 1540 g/mol. The minimum Gasteiger partial charge on any atom is -0.437 e. The third-order valence-corrected chi connectivity index (χ3v) is 40.9. The van der Waals surface area contributed by atoms with Crippen LogP contribution in [0.25, 0.3) is 0 Å². The Balaban J connectivity index is -0.0000000882. The molecule has 0 aliphatic carbocycles. The summed E-state index contributed by atoms with van der Waals surface area (Å²) in [6, 6.07) is 3.80. The topological polar surface area (TPSA) is 131 Å². The predicted molar refractivity (Wildman–Crippen MR) is 314 cm³/mol. The van der Waals surface area contributed by atoms with Crippen LogP contribution >= 0.6 is 0 Å². The Morgan fingerprint density at radius 2 is 0.914 bits per heavy atom. The van der Waals surface area contributed by atoms with Crippen LogP contribution in [0.15, 0.2) is 0 Å². The zero-order chi connectivity index (χ0) is 53.4. The third kappa shape index (κ3) is 83.7. The van der Waals surface area contributed by atoms with Crippen molar-refractivity contribution in [2.24, 2.45) is 0 Å². The number of rotatable bonds is 16. The van der Waals surface area contributed by atoms with Gasteiger partial charge in [0.2, 0.25) is 9.04 Å². The second-order valence-corrected chi connectivity index (χ2v) is 63.8. The van der Waals surface area contributed by atoms with Crippen LogP contribution in [0.3, 0.4) is 0 Å². The molecule has 2 heterocycles. The van der Waals surface area contributed by atoms with E-state index in [-0.39, 0.29) is 140 Å². The van der Waals surface area contributed by atoms with Gasteiger partial charge in [0, 0.05) is 165 Å². The van der Waals surface area contributed by atoms with Crippen LogP contribution in [0.2, 0.25) is 188 Å². The first kappa shape index (κ1) is 96.1. The molecule has 70 heavy (non-hydrogen) atoms. The van der Waals surface area contributed by atoms with Crippen molar-refractivity contribution in [3.05, 3.63) is 0 Å². The molecule has 0 bridgehead atoms. The monoisotopic (exact) mass is 1530 g/mol. The van der Waals surface area contributed by atoms with Crippen molar-refractivity contribution in [3.63, 3.8) is 0 Å². The summed E-state index contributed by atoms with van der Waals surface area (Å²) in [5, 5.41) is 0. The zero-order valence-electron chi connectivity index (χ0n) is 51.0. The summed E-state index contributed by atoms with van der Waals surface area (Å²) < 4.78 is 66.6. The normalized spacial score (nSPS) is 16.3.